The SMILES string of the molecule is COc1cc(Cl)cc(C2CNCCO2)c1C(C)C. The van der Waals surface area contributed by atoms with Gasteiger partial charge in [-0.05, 0) is 23.6 Å². The highest BCUT2D eigenvalue weighted by molar-refractivity contribution is 6.30. The van der Waals surface area contributed by atoms with Gasteiger partial charge in [0.25, 0.3) is 0 Å². The fraction of sp³-hybridized carbons (Fsp3) is 0.571. The second-order valence-electron chi connectivity index (χ2n) is 4.83. The van der Waals surface area contributed by atoms with Crippen LogP contribution in [0.3, 0.4) is 0 Å². The number of hydrogen-bond acceptors (Lipinski definition) is 3. The molecule has 1 N–H and O–H groups in total. The van der Waals surface area contributed by atoms with Crippen molar-refractivity contribution in [3.63, 3.8) is 0 Å². The van der Waals surface area contributed by atoms with Gasteiger partial charge < -0.3 is 14.8 Å². The van der Waals surface area contributed by atoms with Gasteiger partial charge >= 0.3 is 0 Å². The van der Waals surface area contributed by atoms with Crippen molar-refractivity contribution in [1.29, 1.82) is 0 Å². The first kappa shape index (κ1) is 13.7. The third kappa shape index (κ3) is 2.79. The first-order valence-electron chi connectivity index (χ1n) is 6.33. The van der Waals surface area contributed by atoms with Gasteiger partial charge in [-0.2, -0.15) is 0 Å². The summed E-state index contributed by atoms with van der Waals surface area (Å²) < 4.78 is 11.3. The van der Waals surface area contributed by atoms with Gasteiger partial charge in [-0.1, -0.05) is 25.4 Å². The van der Waals surface area contributed by atoms with E-state index in [0.29, 0.717) is 10.9 Å². The first-order chi connectivity index (χ1) is 8.63. The number of benzene rings is 1. The molecular weight excluding hydrogens is 250 g/mol. The van der Waals surface area contributed by atoms with Gasteiger partial charge in [0.1, 0.15) is 5.75 Å². The van der Waals surface area contributed by atoms with E-state index in [1.807, 2.05) is 12.1 Å². The maximum absolute atomic E-state index is 6.17. The fourth-order valence-corrected chi connectivity index (χ4v) is 2.65. The predicted molar refractivity (Wildman–Crippen MR) is 73.7 cm³/mol. The number of methoxy groups -OCH3 is 1. The number of morpholine rings is 1. The Labute approximate surface area is 113 Å². The second-order valence-corrected chi connectivity index (χ2v) is 5.27. The molecule has 1 aliphatic heterocycles. The minimum atomic E-state index is 0.0590. The van der Waals surface area contributed by atoms with E-state index in [1.165, 1.54) is 5.56 Å². The third-order valence-electron chi connectivity index (χ3n) is 3.21. The molecule has 1 fully saturated rings. The molecule has 0 bridgehead atoms. The summed E-state index contributed by atoms with van der Waals surface area (Å²) in [6, 6.07) is 3.87. The highest BCUT2D eigenvalue weighted by Crippen LogP contribution is 2.37. The molecule has 0 aliphatic carbocycles. The monoisotopic (exact) mass is 269 g/mol. The molecule has 3 nitrogen and oxygen atoms in total. The van der Waals surface area contributed by atoms with Crippen LogP contribution < -0.4 is 10.1 Å². The summed E-state index contributed by atoms with van der Waals surface area (Å²) >= 11 is 6.17. The standard InChI is InChI=1S/C14H20ClNO2/c1-9(2)14-11(13-8-16-4-5-18-13)6-10(15)7-12(14)17-3/h6-7,9,13,16H,4-5,8H2,1-3H3. The summed E-state index contributed by atoms with van der Waals surface area (Å²) in [6.07, 6.45) is 0.0590. The summed E-state index contributed by atoms with van der Waals surface area (Å²) in [4.78, 5) is 0. The Kier molecular flexibility index (Phi) is 4.49. The van der Waals surface area contributed by atoms with Crippen molar-refractivity contribution < 1.29 is 9.47 Å². The fourth-order valence-electron chi connectivity index (χ4n) is 2.43. The van der Waals surface area contributed by atoms with Crippen LogP contribution in [-0.2, 0) is 4.74 Å². The summed E-state index contributed by atoms with van der Waals surface area (Å²) in [5, 5.41) is 4.04. The molecule has 1 aromatic carbocycles. The Bertz CT molecular complexity index is 415. The molecule has 0 radical (unpaired) electrons. The molecule has 1 atom stereocenters. The Morgan fingerprint density at radius 1 is 1.44 bits per heavy atom. The van der Waals surface area contributed by atoms with Crippen LogP contribution in [0.5, 0.6) is 5.75 Å². The summed E-state index contributed by atoms with van der Waals surface area (Å²) in [7, 11) is 1.68. The molecule has 4 heteroatoms. The lowest BCUT2D eigenvalue weighted by Crippen LogP contribution is -2.34. The van der Waals surface area contributed by atoms with Crippen LogP contribution in [-0.4, -0.2) is 26.8 Å². The van der Waals surface area contributed by atoms with Crippen LogP contribution in [0.1, 0.15) is 37.0 Å². The molecule has 1 aromatic rings. The van der Waals surface area contributed by atoms with E-state index in [9.17, 15) is 0 Å². The van der Waals surface area contributed by atoms with E-state index < -0.39 is 0 Å². The van der Waals surface area contributed by atoms with Crippen molar-refractivity contribution in [2.75, 3.05) is 26.8 Å². The first-order valence-corrected chi connectivity index (χ1v) is 6.71. The summed E-state index contributed by atoms with van der Waals surface area (Å²) in [6.45, 7) is 6.78. The third-order valence-corrected chi connectivity index (χ3v) is 3.43. The Morgan fingerprint density at radius 3 is 2.78 bits per heavy atom. The van der Waals surface area contributed by atoms with Gasteiger partial charge in [-0.3, -0.25) is 0 Å². The molecule has 2 rings (SSSR count). The molecule has 0 saturated carbocycles. The molecular formula is C14H20ClNO2. The zero-order valence-electron chi connectivity index (χ0n) is 11.1. The van der Waals surface area contributed by atoms with Gasteiger partial charge in [0.15, 0.2) is 0 Å². The van der Waals surface area contributed by atoms with Crippen LogP contribution in [0.4, 0.5) is 0 Å². The molecule has 0 aromatic heterocycles. The number of hydrogen-bond donors (Lipinski definition) is 1. The predicted octanol–water partition coefficient (Wildman–Crippen LogP) is 3.13. The van der Waals surface area contributed by atoms with Gasteiger partial charge in [0, 0.05) is 23.7 Å². The lowest BCUT2D eigenvalue weighted by Gasteiger charge is -2.28. The van der Waals surface area contributed by atoms with Crippen molar-refractivity contribution in [2.45, 2.75) is 25.9 Å². The van der Waals surface area contributed by atoms with E-state index in [-0.39, 0.29) is 6.10 Å². The summed E-state index contributed by atoms with van der Waals surface area (Å²) in [5.41, 5.74) is 2.33. The smallest absolute Gasteiger partial charge is 0.124 e. The van der Waals surface area contributed by atoms with Gasteiger partial charge in [-0.25, -0.2) is 0 Å². The van der Waals surface area contributed by atoms with Crippen molar-refractivity contribution in [3.05, 3.63) is 28.3 Å². The van der Waals surface area contributed by atoms with Crippen LogP contribution >= 0.6 is 11.6 Å². The lowest BCUT2D eigenvalue weighted by atomic mass is 9.92. The molecule has 1 unspecified atom stereocenters. The van der Waals surface area contributed by atoms with Crippen molar-refractivity contribution >= 4 is 11.6 Å². The zero-order chi connectivity index (χ0) is 13.1. The van der Waals surface area contributed by atoms with Crippen LogP contribution in [0.15, 0.2) is 12.1 Å². The molecule has 0 spiro atoms. The topological polar surface area (TPSA) is 30.5 Å². The average molecular weight is 270 g/mol. The molecule has 1 saturated heterocycles. The number of nitrogens with one attached hydrogen (secondary N) is 1. The van der Waals surface area contributed by atoms with Crippen LogP contribution in [0.25, 0.3) is 0 Å². The van der Waals surface area contributed by atoms with E-state index in [2.05, 4.69) is 19.2 Å². The minimum Gasteiger partial charge on any atom is -0.496 e. The number of rotatable bonds is 3. The average Bonchev–Trinajstić information content (AvgIpc) is 2.38. The van der Waals surface area contributed by atoms with Gasteiger partial charge in [0.2, 0.25) is 0 Å². The maximum Gasteiger partial charge on any atom is 0.124 e. The van der Waals surface area contributed by atoms with Crippen molar-refractivity contribution in [1.82, 2.24) is 5.32 Å². The van der Waals surface area contributed by atoms with Gasteiger partial charge in [0.05, 0.1) is 19.8 Å². The molecule has 0 amide bonds. The molecule has 100 valence electrons. The lowest BCUT2D eigenvalue weighted by molar-refractivity contribution is 0.0269. The van der Waals surface area contributed by atoms with Crippen molar-refractivity contribution in [2.24, 2.45) is 0 Å². The van der Waals surface area contributed by atoms with Crippen molar-refractivity contribution in [3.8, 4) is 5.75 Å². The van der Waals surface area contributed by atoms with Crippen LogP contribution in [0, 0.1) is 0 Å². The Morgan fingerprint density at radius 2 is 2.22 bits per heavy atom. The molecule has 18 heavy (non-hydrogen) atoms. The maximum atomic E-state index is 6.17. The minimum absolute atomic E-state index is 0.0590. The highest BCUT2D eigenvalue weighted by atomic mass is 35.5. The second kappa shape index (κ2) is 5.91. The Hall–Kier alpha value is -0.770. The van der Waals surface area contributed by atoms with Crippen LogP contribution in [0.2, 0.25) is 5.02 Å². The van der Waals surface area contributed by atoms with Gasteiger partial charge in [-0.15, -0.1) is 0 Å². The Balaban J connectivity index is 2.45. The highest BCUT2D eigenvalue weighted by Gasteiger charge is 2.23. The zero-order valence-corrected chi connectivity index (χ0v) is 11.9. The quantitative estimate of drug-likeness (QED) is 0.915. The van der Waals surface area contributed by atoms with E-state index in [1.54, 1.807) is 7.11 Å². The van der Waals surface area contributed by atoms with E-state index in [0.717, 1.165) is 31.0 Å². The molecule has 1 heterocycles. The number of ether oxygens (including phenoxy) is 2. The molecule has 1 aliphatic rings. The largest absolute Gasteiger partial charge is 0.496 e. The number of halogens is 1. The summed E-state index contributed by atoms with van der Waals surface area (Å²) in [5.74, 6) is 1.22. The van der Waals surface area contributed by atoms with E-state index >= 15 is 0 Å². The normalized spacial score (nSPS) is 20.2. The van der Waals surface area contributed by atoms with E-state index in [4.69, 9.17) is 21.1 Å².